The number of hydrogen-bond acceptors (Lipinski definition) is 3. The molecule has 1 aliphatic heterocycles. The number of H-pyrrole nitrogens is 1. The monoisotopic (exact) mass is 347 g/mol. The van der Waals surface area contributed by atoms with E-state index in [1.54, 1.807) is 4.90 Å². The fraction of sp³-hybridized carbons (Fsp3) is 0.357. The highest BCUT2D eigenvalue weighted by molar-refractivity contribution is 6.44. The van der Waals surface area contributed by atoms with Crippen molar-refractivity contribution in [2.75, 3.05) is 33.4 Å². The fourth-order valence-corrected chi connectivity index (χ4v) is 2.89. The molecule has 5 nitrogen and oxygen atoms in total. The van der Waals surface area contributed by atoms with Gasteiger partial charge in [-0.2, -0.15) is 0 Å². The van der Waals surface area contributed by atoms with Gasteiger partial charge in [-0.05, 0) is 19.2 Å². The van der Waals surface area contributed by atoms with E-state index in [9.17, 15) is 9.18 Å². The number of carbonyl (C=O) groups excluding carboxylic acids is 1. The van der Waals surface area contributed by atoms with Gasteiger partial charge < -0.3 is 20.4 Å². The van der Waals surface area contributed by atoms with E-state index in [4.69, 9.17) is 27.9 Å². The summed E-state index contributed by atoms with van der Waals surface area (Å²) < 4.78 is 18.7. The Bertz CT molecular complexity index is 684. The molecule has 0 aliphatic carbocycles. The van der Waals surface area contributed by atoms with Crippen LogP contribution in [0, 0.1) is 5.82 Å². The van der Waals surface area contributed by atoms with Crippen LogP contribution in [0.5, 0.6) is 0 Å². The molecule has 1 fully saturated rings. The fourth-order valence-electron chi connectivity index (χ4n) is 2.26. The van der Waals surface area contributed by atoms with Gasteiger partial charge in [0.15, 0.2) is 0 Å². The number of halogens is 3. The number of nitrogens with zero attached hydrogens (tertiary/aromatic N) is 1. The van der Waals surface area contributed by atoms with E-state index in [1.165, 1.54) is 19.2 Å². The molecule has 0 atom stereocenters. The van der Waals surface area contributed by atoms with Crippen molar-refractivity contribution in [1.29, 1.82) is 0 Å². The van der Waals surface area contributed by atoms with Gasteiger partial charge in [0.25, 0.3) is 5.91 Å². The van der Waals surface area contributed by atoms with Gasteiger partial charge in [0.05, 0.1) is 23.3 Å². The molecule has 0 bridgehead atoms. The number of fused-ring (bicyclic) bond motifs is 1. The molecule has 1 saturated heterocycles. The molecule has 22 heavy (non-hydrogen) atoms. The first-order chi connectivity index (χ1) is 10.6. The van der Waals surface area contributed by atoms with E-state index >= 15 is 0 Å². The summed E-state index contributed by atoms with van der Waals surface area (Å²) in [6, 6.07) is 2.75. The summed E-state index contributed by atoms with van der Waals surface area (Å²) in [7, 11) is 1.50. The molecule has 2 aromatic rings. The van der Waals surface area contributed by atoms with Gasteiger partial charge in [-0.1, -0.05) is 23.2 Å². The second kappa shape index (κ2) is 7.28. The molecule has 8 heteroatoms. The maximum absolute atomic E-state index is 13.5. The van der Waals surface area contributed by atoms with E-state index in [2.05, 4.69) is 10.7 Å². The van der Waals surface area contributed by atoms with Gasteiger partial charge in [0.2, 0.25) is 0 Å². The highest BCUT2D eigenvalue weighted by atomic mass is 35.5. The van der Waals surface area contributed by atoms with Gasteiger partial charge in [-0.3, -0.25) is 4.79 Å². The predicted molar refractivity (Wildman–Crippen MR) is 85.1 cm³/mol. The predicted octanol–water partition coefficient (Wildman–Crippen LogP) is 2.66. The first-order valence-electron chi connectivity index (χ1n) is 6.69. The smallest absolute Gasteiger partial charge is 0.272 e. The minimum Gasteiger partial charge on any atom is -0.378 e. The first-order valence-corrected chi connectivity index (χ1v) is 7.45. The topological polar surface area (TPSA) is 71.4 Å². The Labute approximate surface area is 137 Å². The summed E-state index contributed by atoms with van der Waals surface area (Å²) in [5.41, 5.74) is 5.27. The Balaban J connectivity index is 0.000000847. The van der Waals surface area contributed by atoms with Crippen LogP contribution in [-0.4, -0.2) is 49.1 Å². The SMILES string of the molecule is CN.O=C(c1[nH]c2ccc(F)c(Cl)c2c1Cl)N1CCOCC1. The standard InChI is InChI=1S/C13H11Cl2FN2O2.CH5N/c14-10-7(16)1-2-8-9(10)11(15)12(17-8)13(19)18-3-5-20-6-4-18;1-2/h1-2,17H,3-6H2;2H2,1H3. The number of aromatic amines is 1. The molecule has 120 valence electrons. The van der Waals surface area contributed by atoms with Gasteiger partial charge >= 0.3 is 0 Å². The zero-order valence-electron chi connectivity index (χ0n) is 12.0. The highest BCUT2D eigenvalue weighted by Crippen LogP contribution is 2.35. The third-order valence-corrected chi connectivity index (χ3v) is 4.05. The van der Waals surface area contributed by atoms with Crippen LogP contribution in [0.4, 0.5) is 4.39 Å². The number of ether oxygens (including phenoxy) is 1. The zero-order chi connectivity index (χ0) is 16.3. The molecule has 3 N–H and O–H groups in total. The largest absolute Gasteiger partial charge is 0.378 e. The van der Waals surface area contributed by atoms with Crippen molar-refractivity contribution in [3.8, 4) is 0 Å². The average molecular weight is 348 g/mol. The molecule has 2 heterocycles. The quantitative estimate of drug-likeness (QED) is 0.832. The third-order valence-electron chi connectivity index (χ3n) is 3.31. The summed E-state index contributed by atoms with van der Waals surface area (Å²) in [6.07, 6.45) is 0. The van der Waals surface area contributed by atoms with Crippen LogP contribution >= 0.6 is 23.2 Å². The van der Waals surface area contributed by atoms with Crippen LogP contribution in [0.25, 0.3) is 10.9 Å². The van der Waals surface area contributed by atoms with Crippen molar-refractivity contribution >= 4 is 40.0 Å². The van der Waals surface area contributed by atoms with Crippen LogP contribution in [0.3, 0.4) is 0 Å². The summed E-state index contributed by atoms with van der Waals surface area (Å²) in [6.45, 7) is 2.01. The number of hydrogen-bond donors (Lipinski definition) is 2. The Hall–Kier alpha value is -1.34. The zero-order valence-corrected chi connectivity index (χ0v) is 13.5. The second-order valence-electron chi connectivity index (χ2n) is 4.50. The van der Waals surface area contributed by atoms with Crippen LogP contribution < -0.4 is 5.73 Å². The Morgan fingerprint density at radius 1 is 1.27 bits per heavy atom. The van der Waals surface area contributed by atoms with E-state index in [0.717, 1.165) is 0 Å². The third kappa shape index (κ3) is 3.05. The Morgan fingerprint density at radius 3 is 2.55 bits per heavy atom. The van der Waals surface area contributed by atoms with E-state index in [1.807, 2.05) is 0 Å². The summed E-state index contributed by atoms with van der Waals surface area (Å²) in [5, 5.41) is 0.413. The first kappa shape index (κ1) is 17.0. The van der Waals surface area contributed by atoms with Crippen LogP contribution in [0.15, 0.2) is 12.1 Å². The Kier molecular flexibility index (Phi) is 5.63. The maximum atomic E-state index is 13.5. The Morgan fingerprint density at radius 2 is 1.91 bits per heavy atom. The normalized spacial score (nSPS) is 14.7. The molecule has 0 unspecified atom stereocenters. The summed E-state index contributed by atoms with van der Waals surface area (Å²) >= 11 is 12.1. The molecule has 1 amide bonds. The van der Waals surface area contributed by atoms with E-state index in [-0.39, 0.29) is 21.6 Å². The lowest BCUT2D eigenvalue weighted by Gasteiger charge is -2.26. The number of rotatable bonds is 1. The van der Waals surface area contributed by atoms with Gasteiger partial charge in [-0.15, -0.1) is 0 Å². The molecular formula is C14H16Cl2FN3O2. The lowest BCUT2D eigenvalue weighted by atomic mass is 10.2. The van der Waals surface area contributed by atoms with Gasteiger partial charge in [0, 0.05) is 24.0 Å². The lowest BCUT2D eigenvalue weighted by molar-refractivity contribution is 0.0300. The maximum Gasteiger partial charge on any atom is 0.272 e. The molecule has 1 aromatic carbocycles. The molecule has 3 rings (SSSR count). The second-order valence-corrected chi connectivity index (χ2v) is 5.26. The number of nitrogens with one attached hydrogen (secondary N) is 1. The number of benzene rings is 1. The number of morpholine rings is 1. The number of amides is 1. The lowest BCUT2D eigenvalue weighted by Crippen LogP contribution is -2.40. The van der Waals surface area contributed by atoms with Crippen LogP contribution in [0.1, 0.15) is 10.5 Å². The molecule has 0 saturated carbocycles. The number of carbonyl (C=O) groups is 1. The molecular weight excluding hydrogens is 332 g/mol. The molecule has 1 aliphatic rings. The van der Waals surface area contributed by atoms with Gasteiger partial charge in [-0.25, -0.2) is 4.39 Å². The number of aromatic nitrogens is 1. The molecule has 1 aromatic heterocycles. The van der Waals surface area contributed by atoms with Crippen molar-refractivity contribution < 1.29 is 13.9 Å². The minimum atomic E-state index is -0.564. The summed E-state index contributed by atoms with van der Waals surface area (Å²) in [4.78, 5) is 17.0. The average Bonchev–Trinajstić information content (AvgIpc) is 2.90. The van der Waals surface area contributed by atoms with E-state index in [0.29, 0.717) is 37.2 Å². The minimum absolute atomic E-state index is 0.0789. The van der Waals surface area contributed by atoms with Crippen molar-refractivity contribution in [2.45, 2.75) is 0 Å². The van der Waals surface area contributed by atoms with Crippen LogP contribution in [0.2, 0.25) is 10.0 Å². The van der Waals surface area contributed by atoms with Crippen molar-refractivity contribution in [3.63, 3.8) is 0 Å². The number of nitrogens with two attached hydrogens (primary N) is 1. The van der Waals surface area contributed by atoms with Crippen molar-refractivity contribution in [3.05, 3.63) is 33.7 Å². The summed E-state index contributed by atoms with van der Waals surface area (Å²) in [5.74, 6) is -0.795. The van der Waals surface area contributed by atoms with E-state index < -0.39 is 5.82 Å². The van der Waals surface area contributed by atoms with Crippen LogP contribution in [-0.2, 0) is 4.74 Å². The van der Waals surface area contributed by atoms with Crippen molar-refractivity contribution in [2.24, 2.45) is 5.73 Å². The van der Waals surface area contributed by atoms with Gasteiger partial charge in [0.1, 0.15) is 11.5 Å². The highest BCUT2D eigenvalue weighted by Gasteiger charge is 2.25. The molecule has 0 radical (unpaired) electrons. The molecule has 0 spiro atoms. The van der Waals surface area contributed by atoms with Crippen molar-refractivity contribution in [1.82, 2.24) is 9.88 Å².